The molecule has 1 N–H and O–H groups in total. The zero-order valence-electron chi connectivity index (χ0n) is 24.0. The molecule has 3 aromatic carbocycles. The van der Waals surface area contributed by atoms with E-state index in [1.807, 2.05) is 77.4 Å². The van der Waals surface area contributed by atoms with Crippen molar-refractivity contribution in [1.29, 1.82) is 5.26 Å². The van der Waals surface area contributed by atoms with E-state index >= 15 is 0 Å². The Kier molecular flexibility index (Phi) is 8.88. The van der Waals surface area contributed by atoms with Gasteiger partial charge in [0.05, 0.1) is 38.4 Å². The number of carbonyl (C=O) groups excluding carboxylic acids is 1. The maximum atomic E-state index is 13.2. The number of benzene rings is 3. The van der Waals surface area contributed by atoms with Gasteiger partial charge in [-0.1, -0.05) is 65.8 Å². The molecule has 0 spiro atoms. The second kappa shape index (κ2) is 13.3. The molecule has 0 aliphatic carbocycles. The predicted molar refractivity (Wildman–Crippen MR) is 164 cm³/mol. The molecule has 9 nitrogen and oxygen atoms in total. The Labute approximate surface area is 249 Å². The van der Waals surface area contributed by atoms with Gasteiger partial charge in [0.15, 0.2) is 18.1 Å². The minimum Gasteiger partial charge on any atom is -0.493 e. The fourth-order valence-electron chi connectivity index (χ4n) is 4.83. The smallest absolute Gasteiger partial charge is 0.266 e. The largest absolute Gasteiger partial charge is 0.493 e. The van der Waals surface area contributed by atoms with Crippen LogP contribution in [0.3, 0.4) is 0 Å². The lowest BCUT2D eigenvalue weighted by atomic mass is 9.98. The first kappa shape index (κ1) is 28.8. The second-order valence-electron chi connectivity index (χ2n) is 9.52. The Morgan fingerprint density at radius 2 is 1.63 bits per heavy atom. The number of rotatable bonds is 11. The van der Waals surface area contributed by atoms with Crippen LogP contribution < -0.4 is 14.8 Å². The van der Waals surface area contributed by atoms with E-state index in [1.165, 1.54) is 0 Å². The number of hydrogen-bond donors (Lipinski definition) is 1. The van der Waals surface area contributed by atoms with Gasteiger partial charge in [-0.3, -0.25) is 4.79 Å². The van der Waals surface area contributed by atoms with Gasteiger partial charge in [-0.05, 0) is 48.4 Å². The number of hydrogen-bond acceptors (Lipinski definition) is 7. The number of amides is 1. The van der Waals surface area contributed by atoms with E-state index in [0.717, 1.165) is 22.4 Å². The molecule has 0 bridgehead atoms. The fourth-order valence-corrected chi connectivity index (χ4v) is 4.83. The van der Waals surface area contributed by atoms with Crippen molar-refractivity contribution in [3.05, 3.63) is 114 Å². The normalized spacial score (nSPS) is 11.1. The third-order valence-corrected chi connectivity index (χ3v) is 6.84. The predicted octanol–water partition coefficient (Wildman–Crippen LogP) is 6.73. The minimum atomic E-state index is -0.474. The molecule has 0 aliphatic heterocycles. The van der Waals surface area contributed by atoms with Crippen molar-refractivity contribution in [2.75, 3.05) is 26.1 Å². The van der Waals surface area contributed by atoms with Crippen LogP contribution in [0.5, 0.6) is 11.5 Å². The van der Waals surface area contributed by atoms with Crippen LogP contribution in [0.1, 0.15) is 23.8 Å². The van der Waals surface area contributed by atoms with Crippen LogP contribution in [0, 0.1) is 11.3 Å². The van der Waals surface area contributed by atoms with E-state index in [1.54, 1.807) is 45.6 Å². The molecule has 0 saturated carbocycles. The number of oxime groups is 1. The van der Waals surface area contributed by atoms with Gasteiger partial charge in [-0.2, -0.15) is 5.26 Å². The van der Waals surface area contributed by atoms with Gasteiger partial charge in [0.1, 0.15) is 23.2 Å². The molecule has 1 amide bonds. The molecule has 0 aliphatic rings. The van der Waals surface area contributed by atoms with E-state index in [4.69, 9.17) is 18.7 Å². The number of carbonyl (C=O) groups is 1. The van der Waals surface area contributed by atoms with Crippen LogP contribution in [-0.4, -0.2) is 37.0 Å². The zero-order valence-corrected chi connectivity index (χ0v) is 24.0. The maximum Gasteiger partial charge on any atom is 0.266 e. The summed E-state index contributed by atoms with van der Waals surface area (Å²) >= 11 is 0. The first-order valence-electron chi connectivity index (χ1n) is 13.5. The molecule has 43 heavy (non-hydrogen) atoms. The highest BCUT2D eigenvalue weighted by Crippen LogP contribution is 2.42. The number of aromatic nitrogens is 1. The molecule has 5 rings (SSSR count). The zero-order chi connectivity index (χ0) is 30.2. The number of furan rings is 1. The summed E-state index contributed by atoms with van der Waals surface area (Å²) in [5.41, 5.74) is 4.84. The molecule has 216 valence electrons. The Balaban J connectivity index is 1.49. The molecule has 5 aromatic rings. The Bertz CT molecular complexity index is 1770. The van der Waals surface area contributed by atoms with Crippen LogP contribution in [0.15, 0.2) is 107 Å². The van der Waals surface area contributed by atoms with Crippen LogP contribution in [-0.2, 0) is 16.2 Å². The molecular formula is C34H30N4O5. The number of methoxy groups -OCH3 is 2. The fraction of sp³-hybridized carbons (Fsp3) is 0.147. The lowest BCUT2D eigenvalue weighted by molar-refractivity contribution is -0.120. The molecule has 2 aromatic heterocycles. The number of nitriles is 1. The molecule has 0 unspecified atom stereocenters. The summed E-state index contributed by atoms with van der Waals surface area (Å²) in [4.78, 5) is 18.7. The summed E-state index contributed by atoms with van der Waals surface area (Å²) in [5, 5.41) is 17.5. The average molecular weight is 575 g/mol. The van der Waals surface area contributed by atoms with E-state index in [9.17, 15) is 10.1 Å². The van der Waals surface area contributed by atoms with E-state index in [2.05, 4.69) is 16.5 Å². The molecular weight excluding hydrogens is 544 g/mol. The maximum absolute atomic E-state index is 13.2. The third-order valence-electron chi connectivity index (χ3n) is 6.84. The van der Waals surface area contributed by atoms with Crippen LogP contribution in [0.2, 0.25) is 0 Å². The number of ether oxygens (including phenoxy) is 2. The standard InChI is InChI=1S/C34H30N4O5/c1-23(26-16-17-29(40-2)30(19-26)41-3)37-43-22-31(39)36-34-28(20-35)32(24-11-6-4-7-12-24)33(25-13-8-5-9-14-25)38(34)21-27-15-10-18-42-27/h4-19H,21-22H2,1-3H3,(H,36,39). The van der Waals surface area contributed by atoms with Crippen molar-refractivity contribution in [3.8, 4) is 40.0 Å². The molecule has 9 heteroatoms. The Morgan fingerprint density at radius 1 is 0.930 bits per heavy atom. The number of nitrogens with one attached hydrogen (secondary N) is 1. The first-order chi connectivity index (χ1) is 21.0. The monoisotopic (exact) mass is 574 g/mol. The van der Waals surface area contributed by atoms with Crippen LogP contribution in [0.4, 0.5) is 5.82 Å². The van der Waals surface area contributed by atoms with Gasteiger partial charge in [0.2, 0.25) is 0 Å². The molecule has 2 heterocycles. The van der Waals surface area contributed by atoms with Gasteiger partial charge in [0, 0.05) is 11.1 Å². The summed E-state index contributed by atoms with van der Waals surface area (Å²) in [6.45, 7) is 1.67. The molecule has 0 radical (unpaired) electrons. The van der Waals surface area contributed by atoms with Gasteiger partial charge < -0.3 is 28.6 Å². The summed E-state index contributed by atoms with van der Waals surface area (Å²) in [6, 6.07) is 30.7. The number of nitrogens with zero attached hydrogens (tertiary/aromatic N) is 3. The SMILES string of the molecule is COc1ccc(C(C)=NOCC(=O)Nc2c(C#N)c(-c3ccccc3)c(-c3ccccc3)n2Cc2ccco2)cc1OC. The van der Waals surface area contributed by atoms with Crippen molar-refractivity contribution in [1.82, 2.24) is 4.57 Å². The van der Waals surface area contributed by atoms with Crippen molar-refractivity contribution < 1.29 is 23.5 Å². The minimum absolute atomic E-state index is 0.284. The summed E-state index contributed by atoms with van der Waals surface area (Å²) in [6.07, 6.45) is 1.59. The number of anilines is 1. The van der Waals surface area contributed by atoms with Gasteiger partial charge in [-0.15, -0.1) is 0 Å². The van der Waals surface area contributed by atoms with Crippen molar-refractivity contribution in [2.24, 2.45) is 5.16 Å². The third kappa shape index (κ3) is 6.29. The lowest BCUT2D eigenvalue weighted by Crippen LogP contribution is -2.20. The molecule has 0 fully saturated rings. The van der Waals surface area contributed by atoms with E-state index in [-0.39, 0.29) is 13.2 Å². The van der Waals surface area contributed by atoms with Gasteiger partial charge >= 0.3 is 0 Å². The van der Waals surface area contributed by atoms with Crippen LogP contribution in [0.25, 0.3) is 22.4 Å². The average Bonchev–Trinajstić information content (AvgIpc) is 3.67. The quantitative estimate of drug-likeness (QED) is 0.138. The van der Waals surface area contributed by atoms with Crippen molar-refractivity contribution in [3.63, 3.8) is 0 Å². The van der Waals surface area contributed by atoms with E-state index < -0.39 is 5.91 Å². The van der Waals surface area contributed by atoms with Gasteiger partial charge in [0.25, 0.3) is 5.91 Å². The van der Waals surface area contributed by atoms with Crippen molar-refractivity contribution >= 4 is 17.4 Å². The highest BCUT2D eigenvalue weighted by atomic mass is 16.6. The van der Waals surface area contributed by atoms with Crippen molar-refractivity contribution in [2.45, 2.75) is 13.5 Å². The topological polar surface area (TPSA) is 111 Å². The molecule has 0 atom stereocenters. The Hall–Kier alpha value is -5.75. The summed E-state index contributed by atoms with van der Waals surface area (Å²) < 4.78 is 18.2. The lowest BCUT2D eigenvalue weighted by Gasteiger charge is -2.14. The highest BCUT2D eigenvalue weighted by Gasteiger charge is 2.27. The highest BCUT2D eigenvalue weighted by molar-refractivity contribution is 6.00. The van der Waals surface area contributed by atoms with E-state index in [0.29, 0.717) is 39.9 Å². The van der Waals surface area contributed by atoms with Crippen LogP contribution >= 0.6 is 0 Å². The Morgan fingerprint density at radius 3 is 2.26 bits per heavy atom. The summed E-state index contributed by atoms with van der Waals surface area (Å²) in [7, 11) is 3.12. The van der Waals surface area contributed by atoms with Gasteiger partial charge in [-0.25, -0.2) is 0 Å². The second-order valence-corrected chi connectivity index (χ2v) is 9.52. The first-order valence-corrected chi connectivity index (χ1v) is 13.5. The molecule has 0 saturated heterocycles. The summed E-state index contributed by atoms with van der Waals surface area (Å²) in [5.74, 6) is 1.67.